The van der Waals surface area contributed by atoms with E-state index in [-0.39, 0.29) is 5.56 Å². The number of amides is 1. The summed E-state index contributed by atoms with van der Waals surface area (Å²) in [5, 5.41) is 3.81. The number of thiazole rings is 1. The molecule has 0 bridgehead atoms. The van der Waals surface area contributed by atoms with Gasteiger partial charge in [0.25, 0.3) is 5.91 Å². The average Bonchev–Trinajstić information content (AvgIpc) is 3.12. The summed E-state index contributed by atoms with van der Waals surface area (Å²) in [7, 11) is 0. The smallest absolute Gasteiger partial charge is 0.416 e. The van der Waals surface area contributed by atoms with E-state index in [1.165, 1.54) is 17.6 Å². The summed E-state index contributed by atoms with van der Waals surface area (Å²) in [5.74, 6) is 0.0265. The fraction of sp³-hybridized carbons (Fsp3) is 0.105. The number of aromatic nitrogens is 1. The monoisotopic (exact) mass is 439 g/mol. The standard InChI is InChI=1S/C19H13ClF3N3O2S/c20-18-24-10-16(29-18)11-28-15-7-1-12(2-8-15)9-25-26-17(27)13-3-5-14(6-4-13)19(21,22)23/h1-10H,11H2,(H,26,27)/b25-9+. The van der Waals surface area contributed by atoms with Crippen molar-refractivity contribution in [2.24, 2.45) is 5.10 Å². The van der Waals surface area contributed by atoms with Gasteiger partial charge in [-0.05, 0) is 54.1 Å². The van der Waals surface area contributed by atoms with E-state index in [1.807, 2.05) is 0 Å². The summed E-state index contributed by atoms with van der Waals surface area (Å²) >= 11 is 7.10. The van der Waals surface area contributed by atoms with Gasteiger partial charge in [-0.15, -0.1) is 11.3 Å². The number of nitrogens with zero attached hydrogens (tertiary/aromatic N) is 2. The van der Waals surface area contributed by atoms with Gasteiger partial charge in [0.15, 0.2) is 4.47 Å². The minimum Gasteiger partial charge on any atom is -0.488 e. The molecular formula is C19H13ClF3N3O2S. The van der Waals surface area contributed by atoms with Crippen molar-refractivity contribution in [2.75, 3.05) is 0 Å². The quantitative estimate of drug-likeness (QED) is 0.426. The molecule has 0 aliphatic heterocycles. The summed E-state index contributed by atoms with van der Waals surface area (Å²) in [4.78, 5) is 16.8. The zero-order chi connectivity index (χ0) is 20.9. The number of hydrogen-bond donors (Lipinski definition) is 1. The van der Waals surface area contributed by atoms with Crippen molar-refractivity contribution < 1.29 is 22.7 Å². The second-order valence-electron chi connectivity index (χ2n) is 5.71. The molecule has 0 saturated carbocycles. The average molecular weight is 440 g/mol. The van der Waals surface area contributed by atoms with Crippen LogP contribution in [-0.4, -0.2) is 17.1 Å². The maximum Gasteiger partial charge on any atom is 0.416 e. The molecule has 3 rings (SSSR count). The molecule has 1 aromatic heterocycles. The summed E-state index contributed by atoms with van der Waals surface area (Å²) in [5.41, 5.74) is 2.22. The van der Waals surface area contributed by atoms with Crippen LogP contribution in [-0.2, 0) is 12.8 Å². The summed E-state index contributed by atoms with van der Waals surface area (Å²) in [6.45, 7) is 0.348. The number of rotatable bonds is 6. The van der Waals surface area contributed by atoms with E-state index in [1.54, 1.807) is 30.5 Å². The van der Waals surface area contributed by atoms with Gasteiger partial charge in [-0.3, -0.25) is 4.79 Å². The predicted molar refractivity (Wildman–Crippen MR) is 104 cm³/mol. The number of hydrogen-bond acceptors (Lipinski definition) is 5. The van der Waals surface area contributed by atoms with Crippen LogP contribution < -0.4 is 10.2 Å². The van der Waals surface area contributed by atoms with Crippen LogP contribution in [0.25, 0.3) is 0 Å². The highest BCUT2D eigenvalue weighted by Gasteiger charge is 2.30. The van der Waals surface area contributed by atoms with Crippen molar-refractivity contribution in [3.63, 3.8) is 0 Å². The molecule has 5 nitrogen and oxygen atoms in total. The van der Waals surface area contributed by atoms with E-state index >= 15 is 0 Å². The van der Waals surface area contributed by atoms with E-state index in [9.17, 15) is 18.0 Å². The zero-order valence-electron chi connectivity index (χ0n) is 14.6. The highest BCUT2D eigenvalue weighted by Crippen LogP contribution is 2.29. The molecule has 0 atom stereocenters. The molecule has 0 aliphatic carbocycles. The van der Waals surface area contributed by atoms with Crippen LogP contribution in [0.1, 0.15) is 26.4 Å². The number of benzene rings is 2. The van der Waals surface area contributed by atoms with Crippen LogP contribution in [0.4, 0.5) is 13.2 Å². The van der Waals surface area contributed by atoms with Crippen molar-refractivity contribution in [1.29, 1.82) is 0 Å². The number of halogens is 4. The first-order chi connectivity index (χ1) is 13.8. The van der Waals surface area contributed by atoms with Gasteiger partial charge in [-0.1, -0.05) is 11.6 Å². The van der Waals surface area contributed by atoms with Gasteiger partial charge in [-0.2, -0.15) is 18.3 Å². The van der Waals surface area contributed by atoms with Crippen molar-refractivity contribution in [2.45, 2.75) is 12.8 Å². The molecule has 1 heterocycles. The highest BCUT2D eigenvalue weighted by molar-refractivity contribution is 7.15. The molecule has 0 unspecified atom stereocenters. The Balaban J connectivity index is 1.51. The fourth-order valence-corrected chi connectivity index (χ4v) is 3.09. The van der Waals surface area contributed by atoms with Crippen LogP contribution >= 0.6 is 22.9 Å². The second-order valence-corrected chi connectivity index (χ2v) is 7.41. The van der Waals surface area contributed by atoms with E-state index in [0.717, 1.165) is 29.1 Å². The molecule has 0 saturated heterocycles. The number of alkyl halides is 3. The first-order valence-electron chi connectivity index (χ1n) is 8.15. The lowest BCUT2D eigenvalue weighted by Crippen LogP contribution is -2.18. The maximum atomic E-state index is 12.5. The van der Waals surface area contributed by atoms with Gasteiger partial charge in [0.2, 0.25) is 0 Å². The van der Waals surface area contributed by atoms with Crippen LogP contribution in [0.5, 0.6) is 5.75 Å². The molecule has 3 aromatic rings. The van der Waals surface area contributed by atoms with Gasteiger partial charge in [-0.25, -0.2) is 10.4 Å². The molecule has 2 aromatic carbocycles. The molecule has 10 heteroatoms. The molecule has 0 fully saturated rings. The number of nitrogens with one attached hydrogen (secondary N) is 1. The SMILES string of the molecule is O=C(N/N=C/c1ccc(OCc2cnc(Cl)s2)cc1)c1ccc(C(F)(F)F)cc1. The lowest BCUT2D eigenvalue weighted by atomic mass is 10.1. The summed E-state index contributed by atoms with van der Waals surface area (Å²) in [6, 6.07) is 10.8. The molecule has 1 amide bonds. The van der Waals surface area contributed by atoms with Crippen LogP contribution in [0.2, 0.25) is 4.47 Å². The molecular weight excluding hydrogens is 427 g/mol. The maximum absolute atomic E-state index is 12.5. The van der Waals surface area contributed by atoms with Crippen LogP contribution in [0, 0.1) is 0 Å². The van der Waals surface area contributed by atoms with Crippen LogP contribution in [0.15, 0.2) is 59.8 Å². The Kier molecular flexibility index (Phi) is 6.50. The molecule has 0 spiro atoms. The Labute approximate surface area is 172 Å². The van der Waals surface area contributed by atoms with Crippen molar-refractivity contribution in [1.82, 2.24) is 10.4 Å². The lowest BCUT2D eigenvalue weighted by Gasteiger charge is -2.06. The molecule has 0 aliphatic rings. The van der Waals surface area contributed by atoms with Crippen molar-refractivity contribution in [3.8, 4) is 5.75 Å². The Bertz CT molecular complexity index is 1000. The minimum atomic E-state index is -4.45. The van der Waals surface area contributed by atoms with Crippen molar-refractivity contribution in [3.05, 3.63) is 80.8 Å². The summed E-state index contributed by atoms with van der Waals surface area (Å²) < 4.78 is 43.7. The largest absolute Gasteiger partial charge is 0.488 e. The normalized spacial score (nSPS) is 11.6. The molecule has 150 valence electrons. The van der Waals surface area contributed by atoms with Crippen molar-refractivity contribution >= 4 is 35.1 Å². The lowest BCUT2D eigenvalue weighted by molar-refractivity contribution is -0.137. The van der Waals surface area contributed by atoms with E-state index in [0.29, 0.717) is 22.4 Å². The Morgan fingerprint density at radius 1 is 1.17 bits per heavy atom. The number of carbonyl (C=O) groups excluding carboxylic acids is 1. The topological polar surface area (TPSA) is 63.6 Å². The first kappa shape index (κ1) is 20.8. The van der Waals surface area contributed by atoms with Gasteiger partial charge in [0, 0.05) is 11.8 Å². The number of carbonyl (C=O) groups is 1. The highest BCUT2D eigenvalue weighted by atomic mass is 35.5. The molecule has 1 N–H and O–H groups in total. The third-order valence-electron chi connectivity index (χ3n) is 3.64. The molecule has 0 radical (unpaired) electrons. The van der Waals surface area contributed by atoms with Gasteiger partial charge >= 0.3 is 6.18 Å². The van der Waals surface area contributed by atoms with Gasteiger partial charge in [0.1, 0.15) is 12.4 Å². The number of ether oxygens (including phenoxy) is 1. The second kappa shape index (κ2) is 9.06. The third kappa shape index (κ3) is 6.03. The fourth-order valence-electron chi connectivity index (χ4n) is 2.20. The van der Waals surface area contributed by atoms with E-state index in [2.05, 4.69) is 15.5 Å². The van der Waals surface area contributed by atoms with E-state index in [4.69, 9.17) is 16.3 Å². The predicted octanol–water partition coefficient (Wildman–Crippen LogP) is 5.16. The first-order valence-corrected chi connectivity index (χ1v) is 9.34. The van der Waals surface area contributed by atoms with Crippen LogP contribution in [0.3, 0.4) is 0 Å². The molecule has 29 heavy (non-hydrogen) atoms. The van der Waals surface area contributed by atoms with Gasteiger partial charge < -0.3 is 4.74 Å². The summed E-state index contributed by atoms with van der Waals surface area (Å²) in [6.07, 6.45) is -1.39. The Morgan fingerprint density at radius 3 is 2.45 bits per heavy atom. The van der Waals surface area contributed by atoms with Gasteiger partial charge in [0.05, 0.1) is 16.7 Å². The van der Waals surface area contributed by atoms with E-state index < -0.39 is 17.6 Å². The number of hydrazone groups is 1. The Morgan fingerprint density at radius 2 is 1.86 bits per heavy atom. The Hall–Kier alpha value is -2.91. The third-order valence-corrected chi connectivity index (χ3v) is 4.73. The minimum absolute atomic E-state index is 0.0714. The zero-order valence-corrected chi connectivity index (χ0v) is 16.2.